The highest BCUT2D eigenvalue weighted by Crippen LogP contribution is 2.39. The van der Waals surface area contributed by atoms with Gasteiger partial charge in [0.1, 0.15) is 28.9 Å². The Morgan fingerprint density at radius 1 is 1.12 bits per heavy atom. The summed E-state index contributed by atoms with van der Waals surface area (Å²) in [6.45, 7) is 1.26. The first kappa shape index (κ1) is 15.2. The van der Waals surface area contributed by atoms with Crippen LogP contribution in [0.1, 0.15) is 6.42 Å². The molecule has 0 amide bonds. The van der Waals surface area contributed by atoms with Crippen molar-refractivity contribution >= 4 is 23.2 Å². The summed E-state index contributed by atoms with van der Waals surface area (Å²) in [5.41, 5.74) is 2.60. The fourth-order valence-electron chi connectivity index (χ4n) is 2.76. The smallest absolute Gasteiger partial charge is 0.255 e. The van der Waals surface area contributed by atoms with Gasteiger partial charge in [-0.15, -0.1) is 0 Å². The van der Waals surface area contributed by atoms with Crippen LogP contribution in [-0.2, 0) is 0 Å². The Hall–Kier alpha value is -2.39. The minimum Gasteiger partial charge on any atom is -0.291 e. The molecule has 2 aromatic heterocycles. The van der Waals surface area contributed by atoms with Gasteiger partial charge in [0.2, 0.25) is 0 Å². The molecule has 4 rings (SSSR count). The standard InChI is InChI=1S/C14H10ClF3N6/c15-12-11(10-8(17)4-7(16)5-9(10)18)13(23-3-1-2-20-23)24-14(22-12)19-6-21-24/h4-6,20H,1-3H2. The van der Waals surface area contributed by atoms with Crippen molar-refractivity contribution in [1.29, 1.82) is 0 Å². The highest BCUT2D eigenvalue weighted by Gasteiger charge is 2.28. The number of benzene rings is 1. The van der Waals surface area contributed by atoms with Gasteiger partial charge in [-0.3, -0.25) is 5.01 Å². The molecule has 1 saturated heterocycles. The molecule has 1 aromatic carbocycles. The van der Waals surface area contributed by atoms with Crippen molar-refractivity contribution in [2.24, 2.45) is 0 Å². The molecular formula is C14H10ClF3N6. The first-order valence-electron chi connectivity index (χ1n) is 7.11. The first-order valence-corrected chi connectivity index (χ1v) is 7.49. The van der Waals surface area contributed by atoms with E-state index < -0.39 is 23.0 Å². The lowest BCUT2D eigenvalue weighted by Gasteiger charge is -2.22. The van der Waals surface area contributed by atoms with E-state index in [0.717, 1.165) is 6.42 Å². The van der Waals surface area contributed by atoms with Gasteiger partial charge in [0.25, 0.3) is 5.78 Å². The lowest BCUT2D eigenvalue weighted by atomic mass is 10.1. The van der Waals surface area contributed by atoms with Crippen molar-refractivity contribution in [3.05, 3.63) is 41.1 Å². The molecule has 1 aliphatic heterocycles. The van der Waals surface area contributed by atoms with E-state index in [9.17, 15) is 13.2 Å². The number of hydrazine groups is 1. The number of fused-ring (bicyclic) bond motifs is 1. The van der Waals surface area contributed by atoms with Gasteiger partial charge >= 0.3 is 0 Å². The van der Waals surface area contributed by atoms with Gasteiger partial charge in [-0.1, -0.05) is 11.6 Å². The van der Waals surface area contributed by atoms with Crippen LogP contribution in [0.4, 0.5) is 19.0 Å². The number of nitrogens with one attached hydrogen (secondary N) is 1. The van der Waals surface area contributed by atoms with Crippen LogP contribution >= 0.6 is 11.6 Å². The largest absolute Gasteiger partial charge is 0.291 e. The maximum absolute atomic E-state index is 14.3. The molecule has 0 saturated carbocycles. The molecule has 0 spiro atoms. The minimum absolute atomic E-state index is 0.0148. The summed E-state index contributed by atoms with van der Waals surface area (Å²) in [5.74, 6) is -2.67. The van der Waals surface area contributed by atoms with Crippen LogP contribution in [0.25, 0.3) is 16.9 Å². The van der Waals surface area contributed by atoms with E-state index in [1.165, 1.54) is 10.8 Å². The molecule has 0 bridgehead atoms. The number of hydrogen-bond acceptors (Lipinski definition) is 5. The van der Waals surface area contributed by atoms with Crippen molar-refractivity contribution in [1.82, 2.24) is 25.0 Å². The fourth-order valence-corrected chi connectivity index (χ4v) is 3.01. The third-order valence-corrected chi connectivity index (χ3v) is 4.01. The molecule has 0 aliphatic carbocycles. The van der Waals surface area contributed by atoms with E-state index in [2.05, 4.69) is 20.5 Å². The number of rotatable bonds is 2. The summed E-state index contributed by atoms with van der Waals surface area (Å²) in [6, 6.07) is 1.20. The zero-order valence-corrected chi connectivity index (χ0v) is 12.9. The number of hydrogen-bond donors (Lipinski definition) is 1. The minimum atomic E-state index is -1.07. The summed E-state index contributed by atoms with van der Waals surface area (Å²) in [4.78, 5) is 7.98. The molecule has 3 heterocycles. The summed E-state index contributed by atoms with van der Waals surface area (Å²) in [7, 11) is 0. The van der Waals surface area contributed by atoms with Crippen LogP contribution in [0.5, 0.6) is 0 Å². The van der Waals surface area contributed by atoms with Crippen LogP contribution in [0.2, 0.25) is 5.15 Å². The highest BCUT2D eigenvalue weighted by molar-refractivity contribution is 6.33. The van der Waals surface area contributed by atoms with Gasteiger partial charge in [0, 0.05) is 25.2 Å². The Kier molecular flexibility index (Phi) is 3.54. The van der Waals surface area contributed by atoms with Crippen LogP contribution in [0.3, 0.4) is 0 Å². The Balaban J connectivity index is 2.08. The highest BCUT2D eigenvalue weighted by atomic mass is 35.5. The summed E-state index contributed by atoms with van der Waals surface area (Å²) in [6.07, 6.45) is 2.09. The third kappa shape index (κ3) is 2.28. The van der Waals surface area contributed by atoms with Gasteiger partial charge in [0.15, 0.2) is 5.82 Å². The van der Waals surface area contributed by atoms with Gasteiger partial charge < -0.3 is 0 Å². The predicted octanol–water partition coefficient (Wildman–Crippen LogP) is 2.58. The van der Waals surface area contributed by atoms with Gasteiger partial charge in [-0.25, -0.2) is 18.6 Å². The molecule has 0 unspecified atom stereocenters. The van der Waals surface area contributed by atoms with E-state index in [1.54, 1.807) is 5.01 Å². The topological polar surface area (TPSA) is 58.4 Å². The molecule has 124 valence electrons. The zero-order chi connectivity index (χ0) is 16.8. The van der Waals surface area contributed by atoms with E-state index >= 15 is 0 Å². The van der Waals surface area contributed by atoms with Gasteiger partial charge in [-0.05, 0) is 6.42 Å². The van der Waals surface area contributed by atoms with Crippen LogP contribution in [-0.4, -0.2) is 32.7 Å². The molecule has 0 atom stereocenters. The van der Waals surface area contributed by atoms with Crippen LogP contribution in [0, 0.1) is 17.5 Å². The second-order valence-corrected chi connectivity index (χ2v) is 5.59. The molecular weight excluding hydrogens is 345 g/mol. The summed E-state index contributed by atoms with van der Waals surface area (Å²) >= 11 is 6.19. The number of aromatic nitrogens is 4. The van der Waals surface area contributed by atoms with E-state index in [0.29, 0.717) is 31.0 Å². The second kappa shape index (κ2) is 5.60. The lowest BCUT2D eigenvalue weighted by Crippen LogP contribution is -2.33. The first-order chi connectivity index (χ1) is 11.6. The van der Waals surface area contributed by atoms with E-state index in [4.69, 9.17) is 11.6 Å². The SMILES string of the molecule is Fc1cc(F)c(-c2c(Cl)nc3ncnn3c2N2CCCN2)c(F)c1. The number of anilines is 1. The monoisotopic (exact) mass is 354 g/mol. The van der Waals surface area contributed by atoms with E-state index in [-0.39, 0.29) is 16.5 Å². The molecule has 1 aliphatic rings. The molecule has 6 nitrogen and oxygen atoms in total. The molecule has 10 heteroatoms. The molecule has 1 fully saturated rings. The molecule has 1 N–H and O–H groups in total. The normalized spacial score (nSPS) is 14.8. The van der Waals surface area contributed by atoms with E-state index in [1.807, 2.05) is 0 Å². The average molecular weight is 355 g/mol. The predicted molar refractivity (Wildman–Crippen MR) is 81.1 cm³/mol. The molecule has 0 radical (unpaired) electrons. The van der Waals surface area contributed by atoms with Crippen molar-refractivity contribution in [3.63, 3.8) is 0 Å². The third-order valence-electron chi connectivity index (χ3n) is 3.73. The number of nitrogens with zero attached hydrogens (tertiary/aromatic N) is 5. The Bertz CT molecular complexity index is 915. The van der Waals surface area contributed by atoms with Crippen LogP contribution in [0.15, 0.2) is 18.5 Å². The van der Waals surface area contributed by atoms with Gasteiger partial charge in [0.05, 0.1) is 11.1 Å². The molecule has 24 heavy (non-hydrogen) atoms. The Morgan fingerprint density at radius 2 is 1.88 bits per heavy atom. The molecule has 3 aromatic rings. The Morgan fingerprint density at radius 3 is 2.54 bits per heavy atom. The maximum Gasteiger partial charge on any atom is 0.255 e. The zero-order valence-electron chi connectivity index (χ0n) is 12.1. The fraction of sp³-hybridized carbons (Fsp3) is 0.214. The second-order valence-electron chi connectivity index (χ2n) is 5.23. The van der Waals surface area contributed by atoms with Gasteiger partial charge in [-0.2, -0.15) is 19.6 Å². The maximum atomic E-state index is 14.3. The quantitative estimate of drug-likeness (QED) is 0.717. The van der Waals surface area contributed by atoms with Crippen molar-refractivity contribution in [3.8, 4) is 11.1 Å². The van der Waals surface area contributed by atoms with Crippen LogP contribution < -0.4 is 10.4 Å². The number of halogens is 4. The van der Waals surface area contributed by atoms with Crippen molar-refractivity contribution < 1.29 is 13.2 Å². The average Bonchev–Trinajstić information content (AvgIpc) is 3.17. The van der Waals surface area contributed by atoms with Crippen molar-refractivity contribution in [2.45, 2.75) is 6.42 Å². The Labute approximate surface area is 138 Å². The van der Waals surface area contributed by atoms with Crippen molar-refractivity contribution in [2.75, 3.05) is 18.1 Å². The summed E-state index contributed by atoms with van der Waals surface area (Å²) in [5, 5.41) is 5.58. The lowest BCUT2D eigenvalue weighted by molar-refractivity contribution is 0.547. The summed E-state index contributed by atoms with van der Waals surface area (Å²) < 4.78 is 43.2.